The van der Waals surface area contributed by atoms with E-state index < -0.39 is 0 Å². The second-order valence-electron chi connectivity index (χ2n) is 5.33. The van der Waals surface area contributed by atoms with Gasteiger partial charge in [0.15, 0.2) is 5.76 Å². The lowest BCUT2D eigenvalue weighted by atomic mass is 10.1. The van der Waals surface area contributed by atoms with E-state index in [0.29, 0.717) is 37.3 Å². The molecule has 1 fully saturated rings. The molecule has 1 saturated heterocycles. The first kappa shape index (κ1) is 14.8. The fraction of sp³-hybridized carbons (Fsp3) is 0.533. The summed E-state index contributed by atoms with van der Waals surface area (Å²) in [5.41, 5.74) is 0.841. The lowest BCUT2D eigenvalue weighted by molar-refractivity contribution is -0.0122. The van der Waals surface area contributed by atoms with Crippen molar-refractivity contribution in [1.82, 2.24) is 15.1 Å². The van der Waals surface area contributed by atoms with Gasteiger partial charge in [0, 0.05) is 25.5 Å². The second kappa shape index (κ2) is 5.92. The second-order valence-corrected chi connectivity index (χ2v) is 5.33. The number of carbonyl (C=O) groups is 1. The monoisotopic (exact) mass is 305 g/mol. The van der Waals surface area contributed by atoms with Gasteiger partial charge in [-0.05, 0) is 13.0 Å². The quantitative estimate of drug-likeness (QED) is 0.863. The molecule has 0 radical (unpaired) electrons. The van der Waals surface area contributed by atoms with Crippen molar-refractivity contribution in [2.24, 2.45) is 0 Å². The number of aryl methyl sites for hydroxylation is 3. The van der Waals surface area contributed by atoms with Gasteiger partial charge in [-0.1, -0.05) is 6.92 Å². The maximum atomic E-state index is 12.8. The average Bonchev–Trinajstić information content (AvgIpc) is 3.12. The van der Waals surface area contributed by atoms with Crippen LogP contribution in [0, 0.1) is 13.8 Å². The molecular formula is C15H19N3O4. The molecule has 1 aliphatic heterocycles. The maximum absolute atomic E-state index is 12.8. The van der Waals surface area contributed by atoms with E-state index in [4.69, 9.17) is 13.6 Å². The Bertz CT molecular complexity index is 676. The lowest BCUT2D eigenvalue weighted by Crippen LogP contribution is -2.43. The van der Waals surface area contributed by atoms with Crippen molar-refractivity contribution in [3.8, 4) is 0 Å². The van der Waals surface area contributed by atoms with Gasteiger partial charge >= 0.3 is 0 Å². The zero-order valence-electron chi connectivity index (χ0n) is 13.0. The number of amides is 1. The van der Waals surface area contributed by atoms with Gasteiger partial charge in [0.25, 0.3) is 5.91 Å². The van der Waals surface area contributed by atoms with E-state index in [1.165, 1.54) is 0 Å². The predicted molar refractivity (Wildman–Crippen MR) is 76.5 cm³/mol. The number of hydrogen-bond acceptors (Lipinski definition) is 6. The van der Waals surface area contributed by atoms with Gasteiger partial charge in [0.2, 0.25) is 11.8 Å². The van der Waals surface area contributed by atoms with Crippen LogP contribution >= 0.6 is 0 Å². The minimum Gasteiger partial charge on any atom is -0.456 e. The highest BCUT2D eigenvalue weighted by molar-refractivity contribution is 5.93. The topological polar surface area (TPSA) is 81.6 Å². The van der Waals surface area contributed by atoms with Crippen molar-refractivity contribution in [3.05, 3.63) is 34.9 Å². The summed E-state index contributed by atoms with van der Waals surface area (Å²) >= 11 is 0. The Morgan fingerprint density at radius 2 is 2.18 bits per heavy atom. The number of furan rings is 1. The first-order valence-electron chi connectivity index (χ1n) is 7.38. The smallest absolute Gasteiger partial charge is 0.290 e. The summed E-state index contributed by atoms with van der Waals surface area (Å²) in [6, 6.07) is 1.52. The average molecular weight is 305 g/mol. The van der Waals surface area contributed by atoms with Gasteiger partial charge < -0.3 is 18.5 Å². The first-order chi connectivity index (χ1) is 10.6. The van der Waals surface area contributed by atoms with E-state index in [1.807, 2.05) is 19.9 Å². The van der Waals surface area contributed by atoms with Crippen LogP contribution in [0.4, 0.5) is 0 Å². The largest absolute Gasteiger partial charge is 0.456 e. The normalized spacial score (nSPS) is 18.7. The Labute approximate surface area is 128 Å². The van der Waals surface area contributed by atoms with Crippen LogP contribution in [0.5, 0.6) is 0 Å². The molecule has 0 N–H and O–H groups in total. The molecule has 22 heavy (non-hydrogen) atoms. The number of nitrogens with zero attached hydrogens (tertiary/aromatic N) is 3. The highest BCUT2D eigenvalue weighted by atomic mass is 16.5. The molecule has 0 unspecified atom stereocenters. The molecule has 0 saturated carbocycles. The molecule has 1 atom stereocenters. The van der Waals surface area contributed by atoms with Gasteiger partial charge in [-0.15, -0.1) is 10.2 Å². The van der Waals surface area contributed by atoms with Crippen LogP contribution in [0.15, 0.2) is 14.9 Å². The van der Waals surface area contributed by atoms with Crippen LogP contribution in [0.2, 0.25) is 0 Å². The van der Waals surface area contributed by atoms with E-state index in [1.54, 1.807) is 11.8 Å². The molecule has 0 aliphatic carbocycles. The van der Waals surface area contributed by atoms with Gasteiger partial charge in [0.1, 0.15) is 11.8 Å². The van der Waals surface area contributed by atoms with E-state index >= 15 is 0 Å². The third-order valence-electron chi connectivity index (χ3n) is 3.73. The first-order valence-corrected chi connectivity index (χ1v) is 7.38. The van der Waals surface area contributed by atoms with Crippen LogP contribution in [-0.4, -0.2) is 40.8 Å². The number of morpholine rings is 1. The predicted octanol–water partition coefficient (Wildman–Crippen LogP) is 2.06. The van der Waals surface area contributed by atoms with Crippen molar-refractivity contribution in [2.45, 2.75) is 33.2 Å². The number of ether oxygens (including phenoxy) is 1. The van der Waals surface area contributed by atoms with Gasteiger partial charge in [0.05, 0.1) is 13.2 Å². The van der Waals surface area contributed by atoms with Gasteiger partial charge in [-0.3, -0.25) is 4.79 Å². The van der Waals surface area contributed by atoms with Crippen LogP contribution < -0.4 is 0 Å². The highest BCUT2D eigenvalue weighted by Crippen LogP contribution is 2.27. The third-order valence-corrected chi connectivity index (χ3v) is 3.73. The molecule has 2 aromatic heterocycles. The SMILES string of the molecule is CCc1cc(C)c(C(=O)N2CCOC[C@@H]2c2nnc(C)o2)o1. The van der Waals surface area contributed by atoms with Crippen molar-refractivity contribution >= 4 is 5.91 Å². The molecule has 0 spiro atoms. The molecule has 118 valence electrons. The third kappa shape index (κ3) is 2.64. The Kier molecular flexibility index (Phi) is 3.98. The maximum Gasteiger partial charge on any atom is 0.290 e. The minimum atomic E-state index is -0.378. The highest BCUT2D eigenvalue weighted by Gasteiger charge is 2.35. The van der Waals surface area contributed by atoms with Crippen LogP contribution in [0.25, 0.3) is 0 Å². The standard InChI is InChI=1S/C15H19N3O4/c1-4-11-7-9(2)13(22-11)15(19)18-5-6-20-8-12(18)14-17-16-10(3)21-14/h7,12H,4-6,8H2,1-3H3/t12-/m1/s1. The minimum absolute atomic E-state index is 0.165. The number of hydrogen-bond donors (Lipinski definition) is 0. The molecule has 2 aromatic rings. The fourth-order valence-corrected chi connectivity index (χ4v) is 2.56. The summed E-state index contributed by atoms with van der Waals surface area (Å²) in [5, 5.41) is 7.85. The van der Waals surface area contributed by atoms with E-state index in [9.17, 15) is 4.79 Å². The zero-order valence-corrected chi connectivity index (χ0v) is 13.0. The van der Waals surface area contributed by atoms with Gasteiger partial charge in [-0.25, -0.2) is 0 Å². The molecule has 0 bridgehead atoms. The van der Waals surface area contributed by atoms with E-state index in [-0.39, 0.29) is 11.9 Å². The fourth-order valence-electron chi connectivity index (χ4n) is 2.56. The molecule has 3 rings (SSSR count). The van der Waals surface area contributed by atoms with Crippen molar-refractivity contribution in [1.29, 1.82) is 0 Å². The Morgan fingerprint density at radius 3 is 2.82 bits per heavy atom. The molecule has 7 nitrogen and oxygen atoms in total. The summed E-state index contributed by atoms with van der Waals surface area (Å²) in [7, 11) is 0. The summed E-state index contributed by atoms with van der Waals surface area (Å²) in [4.78, 5) is 14.5. The van der Waals surface area contributed by atoms with E-state index in [2.05, 4.69) is 10.2 Å². The zero-order chi connectivity index (χ0) is 15.7. The Balaban J connectivity index is 1.89. The molecular weight excluding hydrogens is 286 g/mol. The number of aromatic nitrogens is 2. The van der Waals surface area contributed by atoms with Crippen molar-refractivity contribution in [2.75, 3.05) is 19.8 Å². The number of carbonyl (C=O) groups excluding carboxylic acids is 1. The summed E-state index contributed by atoms with van der Waals surface area (Å²) in [6.45, 7) is 6.88. The Morgan fingerprint density at radius 1 is 1.36 bits per heavy atom. The Hall–Kier alpha value is -2.15. The summed E-state index contributed by atoms with van der Waals surface area (Å²) in [5.74, 6) is 1.88. The van der Waals surface area contributed by atoms with Crippen LogP contribution in [0.3, 0.4) is 0 Å². The molecule has 0 aromatic carbocycles. The van der Waals surface area contributed by atoms with Crippen LogP contribution in [-0.2, 0) is 11.2 Å². The van der Waals surface area contributed by atoms with Crippen molar-refractivity contribution in [3.63, 3.8) is 0 Å². The van der Waals surface area contributed by atoms with Crippen molar-refractivity contribution < 1.29 is 18.4 Å². The lowest BCUT2D eigenvalue weighted by Gasteiger charge is -2.32. The number of rotatable bonds is 3. The summed E-state index contributed by atoms with van der Waals surface area (Å²) < 4.78 is 16.6. The molecule has 3 heterocycles. The molecule has 7 heteroatoms. The van der Waals surface area contributed by atoms with Crippen LogP contribution in [0.1, 0.15) is 46.6 Å². The summed E-state index contributed by atoms with van der Waals surface area (Å²) in [6.07, 6.45) is 0.753. The molecule has 1 aliphatic rings. The molecule has 1 amide bonds. The van der Waals surface area contributed by atoms with Gasteiger partial charge in [-0.2, -0.15) is 0 Å². The van der Waals surface area contributed by atoms with E-state index in [0.717, 1.165) is 17.7 Å².